The molecule has 1 atom stereocenters. The summed E-state index contributed by atoms with van der Waals surface area (Å²) in [5, 5.41) is 0.512. The van der Waals surface area contributed by atoms with E-state index in [2.05, 4.69) is 0 Å². The van der Waals surface area contributed by atoms with Crippen LogP contribution in [0, 0.1) is 18.7 Å². The van der Waals surface area contributed by atoms with Gasteiger partial charge in [0, 0.05) is 23.9 Å². The molecule has 1 unspecified atom stereocenters. The van der Waals surface area contributed by atoms with Gasteiger partial charge in [-0.1, -0.05) is 11.6 Å². The number of halogens is 2. The summed E-state index contributed by atoms with van der Waals surface area (Å²) in [6.07, 6.45) is 2.69. The monoisotopic (exact) mass is 269 g/mol. The lowest BCUT2D eigenvalue weighted by Crippen LogP contribution is -2.26. The number of ketones is 1. The largest absolute Gasteiger partial charge is 0.324 e. The zero-order chi connectivity index (χ0) is 13.3. The van der Waals surface area contributed by atoms with E-state index >= 15 is 0 Å². The molecular formula is C14H17ClFNO. The van der Waals surface area contributed by atoms with Gasteiger partial charge in [0.15, 0.2) is 0 Å². The molecule has 4 heteroatoms. The SMILES string of the molecule is Cc1cc(Cl)c(C(N)C2CCC(=O)CC2)cc1F. The Labute approximate surface area is 111 Å². The molecule has 0 aliphatic heterocycles. The Morgan fingerprint density at radius 3 is 2.61 bits per heavy atom. The van der Waals surface area contributed by atoms with E-state index in [1.54, 1.807) is 13.0 Å². The summed E-state index contributed by atoms with van der Waals surface area (Å²) in [6, 6.07) is 2.75. The maximum Gasteiger partial charge on any atom is 0.132 e. The van der Waals surface area contributed by atoms with Gasteiger partial charge in [-0.05, 0) is 48.9 Å². The van der Waals surface area contributed by atoms with Crippen LogP contribution in [0.25, 0.3) is 0 Å². The Morgan fingerprint density at radius 2 is 2.00 bits per heavy atom. The molecule has 2 nitrogen and oxygen atoms in total. The van der Waals surface area contributed by atoms with Crippen molar-refractivity contribution in [2.45, 2.75) is 38.6 Å². The standard InChI is InChI=1S/C14H17ClFNO/c1-8-6-12(15)11(7-13(8)16)14(17)9-2-4-10(18)5-3-9/h6-7,9,14H,2-5,17H2,1H3. The molecule has 1 saturated carbocycles. The number of benzene rings is 1. The van der Waals surface area contributed by atoms with Crippen molar-refractivity contribution in [2.24, 2.45) is 11.7 Å². The van der Waals surface area contributed by atoms with Crippen LogP contribution in [0.15, 0.2) is 12.1 Å². The van der Waals surface area contributed by atoms with E-state index in [-0.39, 0.29) is 17.8 Å². The number of aryl methyl sites for hydroxylation is 1. The lowest BCUT2D eigenvalue weighted by Gasteiger charge is -2.28. The third-order valence-electron chi connectivity index (χ3n) is 3.73. The van der Waals surface area contributed by atoms with Crippen LogP contribution in [-0.2, 0) is 4.79 Å². The Morgan fingerprint density at radius 1 is 1.39 bits per heavy atom. The van der Waals surface area contributed by atoms with E-state index in [1.807, 2.05) is 0 Å². The normalized spacial score (nSPS) is 19.0. The van der Waals surface area contributed by atoms with Crippen LogP contribution >= 0.6 is 11.6 Å². The van der Waals surface area contributed by atoms with E-state index in [4.69, 9.17) is 17.3 Å². The van der Waals surface area contributed by atoms with Crippen LogP contribution in [0.1, 0.15) is 42.9 Å². The molecule has 0 amide bonds. The predicted octanol–water partition coefficient (Wildman–Crippen LogP) is 3.55. The van der Waals surface area contributed by atoms with Gasteiger partial charge < -0.3 is 5.73 Å². The second-order valence-corrected chi connectivity index (χ2v) is 5.43. The predicted molar refractivity (Wildman–Crippen MR) is 70.0 cm³/mol. The molecular weight excluding hydrogens is 253 g/mol. The van der Waals surface area contributed by atoms with Crippen LogP contribution in [0.5, 0.6) is 0 Å². The molecule has 1 aromatic rings. The molecule has 2 N–H and O–H groups in total. The van der Waals surface area contributed by atoms with Crippen LogP contribution < -0.4 is 5.73 Å². The third-order valence-corrected chi connectivity index (χ3v) is 4.06. The zero-order valence-electron chi connectivity index (χ0n) is 10.4. The summed E-state index contributed by atoms with van der Waals surface area (Å²) in [6.45, 7) is 1.68. The fourth-order valence-corrected chi connectivity index (χ4v) is 2.84. The van der Waals surface area contributed by atoms with Crippen molar-refractivity contribution in [1.29, 1.82) is 0 Å². The van der Waals surface area contributed by atoms with Gasteiger partial charge in [-0.15, -0.1) is 0 Å². The molecule has 1 aromatic carbocycles. The summed E-state index contributed by atoms with van der Waals surface area (Å²) in [5.41, 5.74) is 7.35. The molecule has 0 radical (unpaired) electrons. The molecule has 0 bridgehead atoms. The van der Waals surface area contributed by atoms with Gasteiger partial charge in [-0.3, -0.25) is 4.79 Å². The smallest absolute Gasteiger partial charge is 0.132 e. The van der Waals surface area contributed by atoms with E-state index in [0.717, 1.165) is 12.8 Å². The van der Waals surface area contributed by atoms with Gasteiger partial charge in [0.2, 0.25) is 0 Å². The number of hydrogen-bond acceptors (Lipinski definition) is 2. The Balaban J connectivity index is 2.20. The Kier molecular flexibility index (Phi) is 4.03. The van der Waals surface area contributed by atoms with E-state index in [9.17, 15) is 9.18 Å². The van der Waals surface area contributed by atoms with Gasteiger partial charge in [0.1, 0.15) is 11.6 Å². The number of carbonyl (C=O) groups is 1. The average Bonchev–Trinajstić information content (AvgIpc) is 2.34. The minimum Gasteiger partial charge on any atom is -0.324 e. The summed E-state index contributed by atoms with van der Waals surface area (Å²) >= 11 is 6.13. The highest BCUT2D eigenvalue weighted by Crippen LogP contribution is 2.35. The first-order valence-corrected chi connectivity index (χ1v) is 6.59. The molecule has 0 saturated heterocycles. The average molecular weight is 270 g/mol. The van der Waals surface area contributed by atoms with E-state index in [0.29, 0.717) is 34.8 Å². The summed E-state index contributed by atoms with van der Waals surface area (Å²) < 4.78 is 13.6. The molecule has 18 heavy (non-hydrogen) atoms. The Hall–Kier alpha value is -0.930. The lowest BCUT2D eigenvalue weighted by atomic mass is 9.81. The van der Waals surface area contributed by atoms with Gasteiger partial charge in [0.25, 0.3) is 0 Å². The lowest BCUT2D eigenvalue weighted by molar-refractivity contribution is -0.121. The topological polar surface area (TPSA) is 43.1 Å². The fourth-order valence-electron chi connectivity index (χ4n) is 2.49. The second-order valence-electron chi connectivity index (χ2n) is 5.02. The fraction of sp³-hybridized carbons (Fsp3) is 0.500. The zero-order valence-corrected chi connectivity index (χ0v) is 11.1. The Bertz CT molecular complexity index is 465. The minimum atomic E-state index is -0.291. The van der Waals surface area contributed by atoms with Gasteiger partial charge in [-0.2, -0.15) is 0 Å². The van der Waals surface area contributed by atoms with Crippen molar-refractivity contribution in [3.05, 3.63) is 34.1 Å². The quantitative estimate of drug-likeness (QED) is 0.892. The first-order valence-electron chi connectivity index (χ1n) is 6.22. The summed E-state index contributed by atoms with van der Waals surface area (Å²) in [7, 11) is 0. The van der Waals surface area contributed by atoms with Crippen molar-refractivity contribution >= 4 is 17.4 Å². The minimum absolute atomic E-state index is 0.210. The number of hydrogen-bond donors (Lipinski definition) is 1. The molecule has 0 heterocycles. The molecule has 98 valence electrons. The summed E-state index contributed by atoms with van der Waals surface area (Å²) in [4.78, 5) is 11.2. The van der Waals surface area contributed by atoms with Crippen molar-refractivity contribution in [1.82, 2.24) is 0 Å². The molecule has 1 aliphatic rings. The van der Waals surface area contributed by atoms with Gasteiger partial charge in [-0.25, -0.2) is 4.39 Å². The summed E-state index contributed by atoms with van der Waals surface area (Å²) in [5.74, 6) is 0.221. The number of Topliss-reactive ketones (excluding diaryl/α,β-unsaturated/α-hetero) is 1. The number of carbonyl (C=O) groups excluding carboxylic acids is 1. The van der Waals surface area contributed by atoms with Crippen molar-refractivity contribution < 1.29 is 9.18 Å². The highest BCUT2D eigenvalue weighted by molar-refractivity contribution is 6.31. The van der Waals surface area contributed by atoms with Crippen molar-refractivity contribution in [3.63, 3.8) is 0 Å². The first kappa shape index (κ1) is 13.5. The highest BCUT2D eigenvalue weighted by atomic mass is 35.5. The number of nitrogens with two attached hydrogens (primary N) is 1. The number of rotatable bonds is 2. The van der Waals surface area contributed by atoms with Crippen LogP contribution in [-0.4, -0.2) is 5.78 Å². The third kappa shape index (κ3) is 2.73. The maximum absolute atomic E-state index is 13.6. The second kappa shape index (κ2) is 5.37. The highest BCUT2D eigenvalue weighted by Gasteiger charge is 2.26. The molecule has 0 spiro atoms. The van der Waals surface area contributed by atoms with Crippen LogP contribution in [0.4, 0.5) is 4.39 Å². The van der Waals surface area contributed by atoms with Crippen molar-refractivity contribution in [2.75, 3.05) is 0 Å². The molecule has 2 rings (SSSR count). The van der Waals surface area contributed by atoms with Crippen LogP contribution in [0.3, 0.4) is 0 Å². The molecule has 0 aromatic heterocycles. The van der Waals surface area contributed by atoms with E-state index < -0.39 is 0 Å². The van der Waals surface area contributed by atoms with Crippen LogP contribution in [0.2, 0.25) is 5.02 Å². The van der Waals surface area contributed by atoms with Crippen molar-refractivity contribution in [3.8, 4) is 0 Å². The van der Waals surface area contributed by atoms with Gasteiger partial charge >= 0.3 is 0 Å². The molecule has 1 aliphatic carbocycles. The first-order chi connectivity index (χ1) is 8.49. The van der Waals surface area contributed by atoms with E-state index in [1.165, 1.54) is 6.07 Å². The van der Waals surface area contributed by atoms with Gasteiger partial charge in [0.05, 0.1) is 0 Å². The molecule has 1 fully saturated rings. The maximum atomic E-state index is 13.6.